The Morgan fingerprint density at radius 2 is 1.89 bits per heavy atom. The standard InChI is InChI=1S/C21H20N2O3S/c1-22(2)16-9-7-14(8-10-16)20-23(11-12-27-20)19(24)17-13-15-5-3-4-6-18(15)26-21(17)25/h3-10,13,20H,11-12H2,1-2H3/t20-/m1/s1. The van der Waals surface area contributed by atoms with E-state index < -0.39 is 5.63 Å². The van der Waals surface area contributed by atoms with E-state index in [4.69, 9.17) is 4.42 Å². The van der Waals surface area contributed by atoms with Gasteiger partial charge in [-0.1, -0.05) is 30.3 Å². The number of hydrogen-bond donors (Lipinski definition) is 0. The van der Waals surface area contributed by atoms with Gasteiger partial charge >= 0.3 is 5.63 Å². The molecule has 2 heterocycles. The van der Waals surface area contributed by atoms with Crippen LogP contribution in [0.5, 0.6) is 0 Å². The number of thioether (sulfide) groups is 1. The molecule has 0 N–H and O–H groups in total. The first-order chi connectivity index (χ1) is 13.0. The van der Waals surface area contributed by atoms with Gasteiger partial charge in [-0.25, -0.2) is 4.79 Å². The van der Waals surface area contributed by atoms with Crippen LogP contribution in [0.1, 0.15) is 21.3 Å². The zero-order valence-corrected chi connectivity index (χ0v) is 16.0. The fraction of sp³-hybridized carbons (Fsp3) is 0.238. The molecule has 4 rings (SSSR count). The summed E-state index contributed by atoms with van der Waals surface area (Å²) in [6.07, 6.45) is 0. The fourth-order valence-corrected chi connectivity index (χ4v) is 4.51. The van der Waals surface area contributed by atoms with Crippen LogP contribution in [-0.2, 0) is 0 Å². The summed E-state index contributed by atoms with van der Waals surface area (Å²) in [5, 5.41) is 0.652. The lowest BCUT2D eigenvalue weighted by Gasteiger charge is -2.24. The average molecular weight is 380 g/mol. The van der Waals surface area contributed by atoms with Gasteiger partial charge in [-0.05, 0) is 29.8 Å². The second kappa shape index (κ2) is 7.12. The van der Waals surface area contributed by atoms with Gasteiger partial charge in [0.25, 0.3) is 5.91 Å². The first kappa shape index (κ1) is 17.7. The van der Waals surface area contributed by atoms with Crippen LogP contribution in [0.4, 0.5) is 5.69 Å². The Kier molecular flexibility index (Phi) is 4.66. The fourth-order valence-electron chi connectivity index (χ4n) is 3.26. The highest BCUT2D eigenvalue weighted by molar-refractivity contribution is 7.99. The lowest BCUT2D eigenvalue weighted by Crippen LogP contribution is -2.33. The van der Waals surface area contributed by atoms with Crippen LogP contribution in [0.25, 0.3) is 11.0 Å². The van der Waals surface area contributed by atoms with Crippen molar-refractivity contribution < 1.29 is 9.21 Å². The quantitative estimate of drug-likeness (QED) is 0.648. The molecule has 1 atom stereocenters. The second-order valence-electron chi connectivity index (χ2n) is 6.69. The summed E-state index contributed by atoms with van der Waals surface area (Å²) in [7, 11) is 3.99. The van der Waals surface area contributed by atoms with Gasteiger partial charge in [0.15, 0.2) is 0 Å². The molecule has 3 aromatic rings. The minimum Gasteiger partial charge on any atom is -0.422 e. The number of amides is 1. The van der Waals surface area contributed by atoms with Crippen molar-refractivity contribution in [3.8, 4) is 0 Å². The lowest BCUT2D eigenvalue weighted by atomic mass is 10.1. The van der Waals surface area contributed by atoms with Crippen molar-refractivity contribution in [3.05, 3.63) is 76.1 Å². The summed E-state index contributed by atoms with van der Waals surface area (Å²) in [4.78, 5) is 29.3. The molecule has 1 aliphatic rings. The van der Waals surface area contributed by atoms with Crippen molar-refractivity contribution in [2.24, 2.45) is 0 Å². The Morgan fingerprint density at radius 3 is 2.63 bits per heavy atom. The highest BCUT2D eigenvalue weighted by Gasteiger charge is 2.32. The molecule has 0 spiro atoms. The van der Waals surface area contributed by atoms with Gasteiger partial charge in [0.05, 0.1) is 0 Å². The minimum atomic E-state index is -0.586. The second-order valence-corrected chi connectivity index (χ2v) is 7.88. The lowest BCUT2D eigenvalue weighted by molar-refractivity contribution is 0.0756. The third kappa shape index (κ3) is 3.32. The van der Waals surface area contributed by atoms with Crippen LogP contribution >= 0.6 is 11.8 Å². The maximum Gasteiger partial charge on any atom is 0.349 e. The number of nitrogens with zero attached hydrogens (tertiary/aromatic N) is 2. The number of rotatable bonds is 3. The van der Waals surface area contributed by atoms with Gasteiger partial charge in [0.1, 0.15) is 16.5 Å². The summed E-state index contributed by atoms with van der Waals surface area (Å²) in [6, 6.07) is 17.0. The number of carbonyl (C=O) groups is 1. The molecule has 5 nitrogen and oxygen atoms in total. The molecule has 1 aliphatic heterocycles. The van der Waals surface area contributed by atoms with E-state index in [2.05, 4.69) is 0 Å². The Hall–Kier alpha value is -2.73. The molecule has 1 fully saturated rings. The first-order valence-electron chi connectivity index (χ1n) is 8.77. The predicted octanol–water partition coefficient (Wildman–Crippen LogP) is 3.75. The molecular weight excluding hydrogens is 360 g/mol. The van der Waals surface area contributed by atoms with Crippen LogP contribution in [-0.4, -0.2) is 37.2 Å². The molecule has 0 bridgehead atoms. The summed E-state index contributed by atoms with van der Waals surface area (Å²) in [5.41, 5.74) is 2.16. The Balaban J connectivity index is 1.66. The molecule has 1 saturated heterocycles. The van der Waals surface area contributed by atoms with Crippen molar-refractivity contribution in [1.82, 2.24) is 4.90 Å². The van der Waals surface area contributed by atoms with Crippen LogP contribution in [0.15, 0.2) is 63.8 Å². The molecule has 27 heavy (non-hydrogen) atoms. The Bertz CT molecular complexity index is 1040. The zero-order chi connectivity index (χ0) is 19.0. The van der Waals surface area contributed by atoms with E-state index in [9.17, 15) is 9.59 Å². The van der Waals surface area contributed by atoms with E-state index in [-0.39, 0.29) is 16.8 Å². The third-order valence-electron chi connectivity index (χ3n) is 4.72. The van der Waals surface area contributed by atoms with Crippen molar-refractivity contribution >= 4 is 34.3 Å². The van der Waals surface area contributed by atoms with E-state index in [1.165, 1.54) is 0 Å². The van der Waals surface area contributed by atoms with Crippen molar-refractivity contribution in [3.63, 3.8) is 0 Å². The van der Waals surface area contributed by atoms with Crippen LogP contribution in [0, 0.1) is 0 Å². The van der Waals surface area contributed by atoms with E-state index in [1.54, 1.807) is 34.9 Å². The summed E-state index contributed by atoms with van der Waals surface area (Å²) in [5.74, 6) is 0.561. The van der Waals surface area contributed by atoms with Crippen LogP contribution in [0.3, 0.4) is 0 Å². The van der Waals surface area contributed by atoms with Crippen molar-refractivity contribution in [2.75, 3.05) is 31.3 Å². The SMILES string of the molecule is CN(C)c1ccc([C@H]2SCCN2C(=O)c2cc3ccccc3oc2=O)cc1. The number of carbonyl (C=O) groups excluding carboxylic acids is 1. The number of anilines is 1. The molecular formula is C21H20N2O3S. The van der Waals surface area contributed by atoms with Crippen LogP contribution in [0.2, 0.25) is 0 Å². The van der Waals surface area contributed by atoms with E-state index in [0.717, 1.165) is 22.4 Å². The molecule has 0 radical (unpaired) electrons. The van der Waals surface area contributed by atoms with Gasteiger partial charge in [-0.2, -0.15) is 0 Å². The molecule has 0 saturated carbocycles. The summed E-state index contributed by atoms with van der Waals surface area (Å²) < 4.78 is 5.34. The third-order valence-corrected chi connectivity index (χ3v) is 5.98. The van der Waals surface area contributed by atoms with Gasteiger partial charge in [0, 0.05) is 37.5 Å². The molecule has 1 amide bonds. The number of hydrogen-bond acceptors (Lipinski definition) is 5. The maximum absolute atomic E-state index is 13.1. The zero-order valence-electron chi connectivity index (χ0n) is 15.2. The average Bonchev–Trinajstić information content (AvgIpc) is 3.16. The van der Waals surface area contributed by atoms with Gasteiger partial charge < -0.3 is 14.2 Å². The molecule has 138 valence electrons. The number of para-hydroxylation sites is 1. The summed E-state index contributed by atoms with van der Waals surface area (Å²) in [6.45, 7) is 0.607. The molecule has 0 aliphatic carbocycles. The Morgan fingerprint density at radius 1 is 1.15 bits per heavy atom. The van der Waals surface area contributed by atoms with E-state index in [0.29, 0.717) is 12.1 Å². The topological polar surface area (TPSA) is 53.8 Å². The predicted molar refractivity (Wildman–Crippen MR) is 109 cm³/mol. The Labute approximate surface area is 161 Å². The smallest absolute Gasteiger partial charge is 0.349 e. The van der Waals surface area contributed by atoms with E-state index in [1.807, 2.05) is 55.4 Å². The van der Waals surface area contributed by atoms with Gasteiger partial charge in [0.2, 0.25) is 0 Å². The van der Waals surface area contributed by atoms with Gasteiger partial charge in [-0.3, -0.25) is 4.79 Å². The highest BCUT2D eigenvalue weighted by Crippen LogP contribution is 2.39. The largest absolute Gasteiger partial charge is 0.422 e. The normalized spacial score (nSPS) is 16.7. The highest BCUT2D eigenvalue weighted by atomic mass is 32.2. The van der Waals surface area contributed by atoms with E-state index >= 15 is 0 Å². The monoisotopic (exact) mass is 380 g/mol. The molecule has 1 aromatic heterocycles. The van der Waals surface area contributed by atoms with Crippen molar-refractivity contribution in [1.29, 1.82) is 0 Å². The minimum absolute atomic E-state index is 0.0890. The van der Waals surface area contributed by atoms with Crippen LogP contribution < -0.4 is 10.5 Å². The number of benzene rings is 2. The molecule has 2 aromatic carbocycles. The molecule has 0 unspecified atom stereocenters. The van der Waals surface area contributed by atoms with Gasteiger partial charge in [-0.15, -0.1) is 11.8 Å². The first-order valence-corrected chi connectivity index (χ1v) is 9.82. The summed E-state index contributed by atoms with van der Waals surface area (Å²) >= 11 is 1.71. The maximum atomic E-state index is 13.1. The number of fused-ring (bicyclic) bond motifs is 1. The molecule has 6 heteroatoms. The van der Waals surface area contributed by atoms with Crippen molar-refractivity contribution in [2.45, 2.75) is 5.37 Å².